The minimum atomic E-state index is -0.464. The highest BCUT2D eigenvalue weighted by Gasteiger charge is 2.17. The maximum Gasteiger partial charge on any atom is 0.112 e. The van der Waals surface area contributed by atoms with Gasteiger partial charge in [-0.25, -0.2) is 0 Å². The summed E-state index contributed by atoms with van der Waals surface area (Å²) in [5.41, 5.74) is 1.15. The third-order valence-electron chi connectivity index (χ3n) is 0.989. The summed E-state index contributed by atoms with van der Waals surface area (Å²) >= 11 is 5.83. The molecular weight excluding hydrogens is 142 g/mol. The molecule has 1 atom stereocenters. The van der Waals surface area contributed by atoms with Gasteiger partial charge in [0.15, 0.2) is 0 Å². The molecular formula is C4H8ClN2P. The second kappa shape index (κ2) is 2.20. The van der Waals surface area contributed by atoms with E-state index in [2.05, 4.69) is 5.10 Å². The summed E-state index contributed by atoms with van der Waals surface area (Å²) in [5.74, 6) is 0. The summed E-state index contributed by atoms with van der Waals surface area (Å²) in [5, 5.41) is 4.12. The zero-order valence-electron chi connectivity index (χ0n) is 4.93. The van der Waals surface area contributed by atoms with Crippen LogP contribution >= 0.6 is 18.7 Å². The molecule has 0 spiro atoms. The van der Waals surface area contributed by atoms with E-state index >= 15 is 0 Å². The monoisotopic (exact) mass is 150 g/mol. The molecule has 0 radical (unpaired) electrons. The van der Waals surface area contributed by atoms with Crippen LogP contribution in [-0.4, -0.2) is 23.7 Å². The van der Waals surface area contributed by atoms with Gasteiger partial charge in [0, 0.05) is 18.9 Å². The van der Waals surface area contributed by atoms with Gasteiger partial charge in [-0.05, 0) is 6.92 Å². The quantitative estimate of drug-likeness (QED) is 0.482. The number of nitrogens with zero attached hydrogens (tertiary/aromatic N) is 2. The van der Waals surface area contributed by atoms with E-state index in [1.807, 2.05) is 18.8 Å². The lowest BCUT2D eigenvalue weighted by Crippen LogP contribution is -1.92. The summed E-state index contributed by atoms with van der Waals surface area (Å²) < 4.78 is 1.84. The fraction of sp³-hybridized carbons (Fsp3) is 0.750. The smallest absolute Gasteiger partial charge is 0.112 e. The van der Waals surface area contributed by atoms with E-state index < -0.39 is 7.43 Å². The van der Waals surface area contributed by atoms with Crippen LogP contribution in [0.3, 0.4) is 0 Å². The summed E-state index contributed by atoms with van der Waals surface area (Å²) in [6.45, 7) is 2.00. The summed E-state index contributed by atoms with van der Waals surface area (Å²) in [4.78, 5) is 0. The molecule has 0 N–H and O–H groups in total. The largest absolute Gasteiger partial charge is 0.264 e. The van der Waals surface area contributed by atoms with Crippen LogP contribution in [0.1, 0.15) is 6.92 Å². The number of rotatable bonds is 0. The molecule has 1 rings (SSSR count). The van der Waals surface area contributed by atoms with Crippen LogP contribution in [-0.2, 0) is 0 Å². The first-order valence-electron chi connectivity index (χ1n) is 2.41. The van der Waals surface area contributed by atoms with Crippen LogP contribution in [0, 0.1) is 0 Å². The van der Waals surface area contributed by atoms with Crippen molar-refractivity contribution in [3.63, 3.8) is 0 Å². The highest BCUT2D eigenvalue weighted by Crippen LogP contribution is 2.47. The number of hydrogen-bond donors (Lipinski definition) is 0. The lowest BCUT2D eigenvalue weighted by atomic mass is 10.5. The topological polar surface area (TPSA) is 15.6 Å². The zero-order chi connectivity index (χ0) is 6.15. The van der Waals surface area contributed by atoms with E-state index in [9.17, 15) is 0 Å². The molecule has 0 aromatic rings. The maximum absolute atomic E-state index is 5.83. The molecule has 1 heterocycles. The Balaban J connectivity index is 2.56. The van der Waals surface area contributed by atoms with E-state index in [4.69, 9.17) is 11.2 Å². The van der Waals surface area contributed by atoms with Crippen LogP contribution in [0.25, 0.3) is 0 Å². The van der Waals surface area contributed by atoms with Crippen molar-refractivity contribution in [3.8, 4) is 0 Å². The van der Waals surface area contributed by atoms with E-state index in [1.165, 1.54) is 0 Å². The van der Waals surface area contributed by atoms with Gasteiger partial charge in [-0.2, -0.15) is 5.10 Å². The first-order chi connectivity index (χ1) is 3.70. The van der Waals surface area contributed by atoms with E-state index in [0.717, 1.165) is 11.9 Å². The van der Waals surface area contributed by atoms with Crippen molar-refractivity contribution < 1.29 is 0 Å². The van der Waals surface area contributed by atoms with Crippen molar-refractivity contribution in [2.75, 3.05) is 13.2 Å². The average Bonchev–Trinajstić information content (AvgIpc) is 1.85. The molecule has 0 aromatic heterocycles. The molecule has 0 aliphatic carbocycles. The van der Waals surface area contributed by atoms with Crippen molar-refractivity contribution in [3.05, 3.63) is 0 Å². The molecule has 0 saturated carbocycles. The Labute approximate surface area is 55.1 Å². The Hall–Kier alpha value is 0.190. The first kappa shape index (κ1) is 6.31. The van der Waals surface area contributed by atoms with E-state index in [1.54, 1.807) is 0 Å². The van der Waals surface area contributed by atoms with Crippen molar-refractivity contribution in [1.82, 2.24) is 4.78 Å². The average molecular weight is 151 g/mol. The maximum atomic E-state index is 5.83. The molecule has 4 heteroatoms. The second-order valence-electron chi connectivity index (χ2n) is 1.82. The Bertz CT molecular complexity index is 125. The van der Waals surface area contributed by atoms with Crippen molar-refractivity contribution in [1.29, 1.82) is 0 Å². The van der Waals surface area contributed by atoms with Crippen molar-refractivity contribution in [2.45, 2.75) is 6.92 Å². The van der Waals surface area contributed by atoms with Gasteiger partial charge in [0.05, 0.1) is 0 Å². The minimum absolute atomic E-state index is 0.464. The predicted molar refractivity (Wildman–Crippen MR) is 38.5 cm³/mol. The van der Waals surface area contributed by atoms with Gasteiger partial charge >= 0.3 is 0 Å². The molecule has 0 aromatic carbocycles. The molecule has 1 aliphatic rings. The third kappa shape index (κ3) is 1.12. The summed E-state index contributed by atoms with van der Waals surface area (Å²) in [6.07, 6.45) is 0.966. The fourth-order valence-electron chi connectivity index (χ4n) is 0.618. The highest BCUT2D eigenvalue weighted by atomic mass is 35.7. The number of hydrazone groups is 1. The molecule has 46 valence electrons. The van der Waals surface area contributed by atoms with Crippen molar-refractivity contribution >= 4 is 24.4 Å². The summed E-state index contributed by atoms with van der Waals surface area (Å²) in [6, 6.07) is 0. The Morgan fingerprint density at radius 2 is 2.50 bits per heavy atom. The zero-order valence-corrected chi connectivity index (χ0v) is 6.58. The Kier molecular flexibility index (Phi) is 1.74. The van der Waals surface area contributed by atoms with Gasteiger partial charge in [0.25, 0.3) is 0 Å². The number of halogens is 1. The normalized spacial score (nSPS) is 28.6. The fourth-order valence-corrected chi connectivity index (χ4v) is 2.13. The second-order valence-corrected chi connectivity index (χ2v) is 4.56. The standard InChI is InChI=1S/C4H8ClN2P/c1-4-3-8(5)7(2)6-4/h3H2,1-2H3. The molecule has 0 fully saturated rings. The SMILES string of the molecule is CC1=NN(C)P(Cl)C1. The van der Waals surface area contributed by atoms with Gasteiger partial charge in [-0.3, -0.25) is 4.78 Å². The number of hydrogen-bond acceptors (Lipinski definition) is 2. The molecule has 1 aliphatic heterocycles. The first-order valence-corrected chi connectivity index (χ1v) is 4.79. The van der Waals surface area contributed by atoms with Crippen LogP contribution in [0.15, 0.2) is 5.10 Å². The lowest BCUT2D eigenvalue weighted by Gasteiger charge is -2.08. The summed E-state index contributed by atoms with van der Waals surface area (Å²) in [7, 11) is 1.45. The minimum Gasteiger partial charge on any atom is -0.264 e. The third-order valence-corrected chi connectivity index (χ3v) is 3.44. The lowest BCUT2D eigenvalue weighted by molar-refractivity contribution is 0.614. The Morgan fingerprint density at radius 1 is 1.88 bits per heavy atom. The highest BCUT2D eigenvalue weighted by molar-refractivity contribution is 7.82. The van der Waals surface area contributed by atoms with Crippen LogP contribution in [0.2, 0.25) is 0 Å². The van der Waals surface area contributed by atoms with Crippen LogP contribution < -0.4 is 0 Å². The van der Waals surface area contributed by atoms with Crippen LogP contribution in [0.5, 0.6) is 0 Å². The van der Waals surface area contributed by atoms with Crippen LogP contribution in [0.4, 0.5) is 0 Å². The Morgan fingerprint density at radius 3 is 2.62 bits per heavy atom. The van der Waals surface area contributed by atoms with Gasteiger partial charge in [0.1, 0.15) is 7.43 Å². The van der Waals surface area contributed by atoms with E-state index in [-0.39, 0.29) is 0 Å². The van der Waals surface area contributed by atoms with Gasteiger partial charge < -0.3 is 0 Å². The van der Waals surface area contributed by atoms with Gasteiger partial charge in [-0.15, -0.1) is 0 Å². The molecule has 0 saturated heterocycles. The van der Waals surface area contributed by atoms with Gasteiger partial charge in [0.2, 0.25) is 0 Å². The molecule has 2 nitrogen and oxygen atoms in total. The van der Waals surface area contributed by atoms with Gasteiger partial charge in [-0.1, -0.05) is 11.2 Å². The molecule has 0 bridgehead atoms. The molecule has 1 unspecified atom stereocenters. The predicted octanol–water partition coefficient (Wildman–Crippen LogP) is 1.86. The van der Waals surface area contributed by atoms with Crippen molar-refractivity contribution in [2.24, 2.45) is 5.10 Å². The molecule has 8 heavy (non-hydrogen) atoms. The van der Waals surface area contributed by atoms with E-state index in [0.29, 0.717) is 0 Å². The molecule has 0 amide bonds.